The van der Waals surface area contributed by atoms with Crippen molar-refractivity contribution in [2.45, 2.75) is 39.7 Å². The second-order valence-corrected chi connectivity index (χ2v) is 7.76. The number of nitrogens with zero attached hydrogens (tertiary/aromatic N) is 2. The van der Waals surface area contributed by atoms with Gasteiger partial charge < -0.3 is 9.86 Å². The predicted molar refractivity (Wildman–Crippen MR) is 113 cm³/mol. The summed E-state index contributed by atoms with van der Waals surface area (Å²) in [7, 11) is -0.0176. The van der Waals surface area contributed by atoms with Gasteiger partial charge in [0, 0.05) is 0 Å². The molecule has 9 nitrogen and oxygen atoms in total. The van der Waals surface area contributed by atoms with E-state index in [1.165, 1.54) is 11.3 Å². The van der Waals surface area contributed by atoms with Crippen molar-refractivity contribution in [3.63, 3.8) is 0 Å². The van der Waals surface area contributed by atoms with Gasteiger partial charge in [0.1, 0.15) is 6.61 Å². The average molecular weight is 417 g/mol. The molecule has 4 N–H and O–H groups in total. The standard InChI is InChI=1S/C17H25B2N5O4S/c1-11(2)6-14(21-10-18-26)16(25)22-15-9-29-17(23-15)12-4-5-13(20-7-12)8-28-24-19(3)27/h4-5,7,9,11,14,21,24,27H,6,8,10H2,1-3H3,(H,22,25)/t14-/m0/s1. The summed E-state index contributed by atoms with van der Waals surface area (Å²) in [6.45, 7) is 5.81. The Labute approximate surface area is 175 Å². The molecular weight excluding hydrogens is 392 g/mol. The van der Waals surface area contributed by atoms with Crippen LogP contribution in [0.2, 0.25) is 6.82 Å². The van der Waals surface area contributed by atoms with Crippen LogP contribution in [0.1, 0.15) is 26.0 Å². The van der Waals surface area contributed by atoms with Gasteiger partial charge in [0.2, 0.25) is 0 Å². The third kappa shape index (κ3) is 8.11. The normalized spacial score (nSPS) is 11.9. The second-order valence-electron chi connectivity index (χ2n) is 6.90. The molecule has 29 heavy (non-hydrogen) atoms. The van der Waals surface area contributed by atoms with Crippen molar-refractivity contribution in [2.24, 2.45) is 5.92 Å². The molecule has 0 fully saturated rings. The molecule has 2 aromatic rings. The van der Waals surface area contributed by atoms with Gasteiger partial charge in [-0.05, 0) is 6.82 Å². The van der Waals surface area contributed by atoms with Gasteiger partial charge in [0.05, 0.1) is 0 Å². The molecule has 0 saturated heterocycles. The summed E-state index contributed by atoms with van der Waals surface area (Å²) in [6.07, 6.45) is 2.42. The molecule has 2 heterocycles. The van der Waals surface area contributed by atoms with E-state index in [1.54, 1.807) is 24.5 Å². The molecule has 0 aliphatic rings. The first-order chi connectivity index (χ1) is 13.9. The Morgan fingerprint density at radius 1 is 1.41 bits per heavy atom. The fraction of sp³-hybridized carbons (Fsp3) is 0.471. The van der Waals surface area contributed by atoms with Crippen molar-refractivity contribution < 1.29 is 19.4 Å². The van der Waals surface area contributed by atoms with E-state index in [9.17, 15) is 9.50 Å². The van der Waals surface area contributed by atoms with Crippen LogP contribution < -0.4 is 16.0 Å². The molecule has 0 aliphatic heterocycles. The number of pyridine rings is 1. The van der Waals surface area contributed by atoms with Crippen LogP contribution in [-0.2, 0) is 20.9 Å². The summed E-state index contributed by atoms with van der Waals surface area (Å²) in [4.78, 5) is 26.4. The van der Waals surface area contributed by atoms with Crippen molar-refractivity contribution in [1.82, 2.24) is 20.7 Å². The Balaban J connectivity index is 1.97. The summed E-state index contributed by atoms with van der Waals surface area (Å²) >= 11 is 1.40. The summed E-state index contributed by atoms with van der Waals surface area (Å²) in [6, 6.07) is 3.22. The van der Waals surface area contributed by atoms with Gasteiger partial charge in [-0.3, -0.25) is 0 Å². The molecule has 0 aromatic carbocycles. The molecule has 0 spiro atoms. The van der Waals surface area contributed by atoms with E-state index in [2.05, 4.69) is 26.0 Å². The van der Waals surface area contributed by atoms with E-state index in [0.717, 1.165) is 17.7 Å². The van der Waals surface area contributed by atoms with Crippen LogP contribution in [-0.4, -0.2) is 47.6 Å². The monoisotopic (exact) mass is 417 g/mol. The second kappa shape index (κ2) is 11.9. The molecule has 0 saturated carbocycles. The topological polar surface area (TPSA) is 125 Å². The van der Waals surface area contributed by atoms with Crippen molar-refractivity contribution in [1.29, 1.82) is 0 Å². The summed E-state index contributed by atoms with van der Waals surface area (Å²) in [5, 5.41) is 19.8. The van der Waals surface area contributed by atoms with Crippen molar-refractivity contribution in [2.75, 3.05) is 11.8 Å². The summed E-state index contributed by atoms with van der Waals surface area (Å²) in [5.74, 6) is 0.555. The van der Waals surface area contributed by atoms with Gasteiger partial charge in [-0.2, -0.15) is 0 Å². The van der Waals surface area contributed by atoms with Gasteiger partial charge >= 0.3 is 146 Å². The van der Waals surface area contributed by atoms with Crippen molar-refractivity contribution in [3.8, 4) is 10.6 Å². The first kappa shape index (κ1) is 23.3. The number of anilines is 1. The average Bonchev–Trinajstić information content (AvgIpc) is 3.13. The van der Waals surface area contributed by atoms with Crippen LogP contribution >= 0.6 is 11.3 Å². The van der Waals surface area contributed by atoms with Crippen LogP contribution in [0.15, 0.2) is 23.7 Å². The predicted octanol–water partition coefficient (Wildman–Crippen LogP) is 1.29. The zero-order chi connectivity index (χ0) is 21.2. The van der Waals surface area contributed by atoms with E-state index >= 15 is 0 Å². The first-order valence-electron chi connectivity index (χ1n) is 9.33. The molecule has 1 amide bonds. The van der Waals surface area contributed by atoms with Gasteiger partial charge in [0.15, 0.2) is 0 Å². The third-order valence-corrected chi connectivity index (χ3v) is 4.66. The molecule has 154 valence electrons. The fourth-order valence-electron chi connectivity index (χ4n) is 2.49. The van der Waals surface area contributed by atoms with Gasteiger partial charge in [-0.15, -0.1) is 0 Å². The number of carbonyl (C=O) groups excluding carboxylic acids is 1. The van der Waals surface area contributed by atoms with Gasteiger partial charge in [-0.25, -0.2) is 5.39 Å². The minimum atomic E-state index is -0.757. The Kier molecular flexibility index (Phi) is 9.55. The number of rotatable bonds is 12. The number of hydrogen-bond donors (Lipinski definition) is 4. The molecule has 0 unspecified atom stereocenters. The molecule has 2 aromatic heterocycles. The number of nitrogens with one attached hydrogen (secondary N) is 3. The maximum atomic E-state index is 12.5. The quantitative estimate of drug-likeness (QED) is 0.301. The summed E-state index contributed by atoms with van der Waals surface area (Å²) < 4.78 is 10.6. The number of carbonyl (C=O) groups is 1. The molecule has 0 aliphatic carbocycles. The van der Waals surface area contributed by atoms with E-state index < -0.39 is 13.1 Å². The zero-order valence-electron chi connectivity index (χ0n) is 16.7. The molecule has 0 bridgehead atoms. The van der Waals surface area contributed by atoms with E-state index in [4.69, 9.17) is 9.86 Å². The Bertz CT molecular complexity index is 788. The summed E-state index contributed by atoms with van der Waals surface area (Å²) in [5.41, 5.74) is 1.52. The third-order valence-electron chi connectivity index (χ3n) is 3.77. The number of thiazole rings is 1. The Hall–Kier alpha value is -1.98. The van der Waals surface area contributed by atoms with Crippen molar-refractivity contribution in [3.05, 3.63) is 29.4 Å². The van der Waals surface area contributed by atoms with E-state index in [-0.39, 0.29) is 19.0 Å². The molecule has 1 atom stereocenters. The van der Waals surface area contributed by atoms with Crippen molar-refractivity contribution >= 4 is 37.3 Å². The zero-order valence-corrected chi connectivity index (χ0v) is 17.5. The number of aromatic nitrogens is 2. The molecule has 12 heteroatoms. The Morgan fingerprint density at radius 3 is 2.83 bits per heavy atom. The van der Waals surface area contributed by atoms with Crippen LogP contribution in [0.3, 0.4) is 0 Å². The molecular formula is C17H25B2N5O4S. The van der Waals surface area contributed by atoms with E-state index in [0.29, 0.717) is 23.9 Å². The SMILES string of the molecule is CB(O)NOCc1ccc(-c2nc(NC(=O)[C@H](CC(C)C)NCB=O)cs2)cn1. The number of hydrogen-bond acceptors (Lipinski definition) is 9. The molecule has 0 radical (unpaired) electrons. The Morgan fingerprint density at radius 2 is 2.21 bits per heavy atom. The van der Waals surface area contributed by atoms with E-state index in [1.807, 2.05) is 19.9 Å². The van der Waals surface area contributed by atoms with Gasteiger partial charge in [-0.1, -0.05) is 0 Å². The minimum absolute atomic E-state index is 0.127. The van der Waals surface area contributed by atoms with Gasteiger partial charge in [0.25, 0.3) is 0 Å². The van der Waals surface area contributed by atoms with Crippen LogP contribution in [0.5, 0.6) is 0 Å². The maximum absolute atomic E-state index is 12.5. The number of amides is 1. The van der Waals surface area contributed by atoms with Crippen LogP contribution in [0, 0.1) is 5.92 Å². The first-order valence-corrected chi connectivity index (χ1v) is 10.2. The van der Waals surface area contributed by atoms with Crippen LogP contribution in [0.4, 0.5) is 5.82 Å². The fourth-order valence-corrected chi connectivity index (χ4v) is 3.24. The molecule has 2 rings (SSSR count). The van der Waals surface area contributed by atoms with Crippen LogP contribution in [0.25, 0.3) is 10.6 Å².